The molecule has 3 rings (SSSR count). The predicted molar refractivity (Wildman–Crippen MR) is 97.1 cm³/mol. The number of rotatable bonds is 0. The van der Waals surface area contributed by atoms with Gasteiger partial charge in [-0.1, -0.05) is 77.9 Å². The quantitative estimate of drug-likeness (QED) is 0.580. The fourth-order valence-electron chi connectivity index (χ4n) is 3.47. The van der Waals surface area contributed by atoms with Crippen molar-refractivity contribution in [3.8, 4) is 0 Å². The van der Waals surface area contributed by atoms with Gasteiger partial charge >= 0.3 is 0 Å². The normalized spacial score (nSPS) is 14.4. The lowest BCUT2D eigenvalue weighted by molar-refractivity contribution is 0.0976. The van der Waals surface area contributed by atoms with Gasteiger partial charge in [-0.25, -0.2) is 0 Å². The summed E-state index contributed by atoms with van der Waals surface area (Å²) in [4.78, 5) is 26.5. The van der Waals surface area contributed by atoms with E-state index < -0.39 is 0 Å². The zero-order valence-corrected chi connectivity index (χ0v) is 15.3. The van der Waals surface area contributed by atoms with Crippen LogP contribution in [0, 0.1) is 0 Å². The Morgan fingerprint density at radius 3 is 1.21 bits per heavy atom. The molecule has 0 N–H and O–H groups in total. The van der Waals surface area contributed by atoms with Crippen LogP contribution in [0.4, 0.5) is 0 Å². The first-order chi connectivity index (χ1) is 11.0. The van der Waals surface area contributed by atoms with E-state index in [0.717, 1.165) is 11.1 Å². The Bertz CT molecular complexity index is 787. The SMILES string of the molecule is CC(C)(C)c1ccc(C(C)(C)C)c2c1C(=O)c1ccccc1C2=O. The van der Waals surface area contributed by atoms with Gasteiger partial charge in [-0.05, 0) is 22.0 Å². The summed E-state index contributed by atoms with van der Waals surface area (Å²) in [6, 6.07) is 11.2. The highest BCUT2D eigenvalue weighted by Crippen LogP contribution is 2.40. The molecular formula is C22H24O2. The monoisotopic (exact) mass is 320 g/mol. The third kappa shape index (κ3) is 2.41. The van der Waals surface area contributed by atoms with Crippen LogP contribution >= 0.6 is 0 Å². The number of benzene rings is 2. The Kier molecular flexibility index (Phi) is 3.56. The Hall–Kier alpha value is -2.22. The Labute approximate surface area is 143 Å². The van der Waals surface area contributed by atoms with E-state index in [4.69, 9.17) is 0 Å². The van der Waals surface area contributed by atoms with Crippen LogP contribution in [0.3, 0.4) is 0 Å². The molecule has 0 saturated heterocycles. The molecule has 0 spiro atoms. The summed E-state index contributed by atoms with van der Waals surface area (Å²) in [6.45, 7) is 12.5. The van der Waals surface area contributed by atoms with Crippen LogP contribution in [0.2, 0.25) is 0 Å². The highest BCUT2D eigenvalue weighted by Gasteiger charge is 2.37. The molecule has 0 atom stereocenters. The first kappa shape index (κ1) is 16.6. The second kappa shape index (κ2) is 5.14. The van der Waals surface area contributed by atoms with E-state index in [1.807, 2.05) is 24.3 Å². The molecule has 2 heteroatoms. The van der Waals surface area contributed by atoms with E-state index in [0.29, 0.717) is 22.3 Å². The minimum Gasteiger partial charge on any atom is -0.289 e. The van der Waals surface area contributed by atoms with Gasteiger partial charge < -0.3 is 0 Å². The van der Waals surface area contributed by atoms with Gasteiger partial charge in [0.2, 0.25) is 0 Å². The van der Waals surface area contributed by atoms with Crippen LogP contribution in [-0.2, 0) is 10.8 Å². The van der Waals surface area contributed by atoms with Gasteiger partial charge in [0, 0.05) is 22.3 Å². The molecule has 124 valence electrons. The molecule has 2 aromatic rings. The molecule has 0 heterocycles. The first-order valence-corrected chi connectivity index (χ1v) is 8.40. The maximum Gasteiger partial charge on any atom is 0.194 e. The second-order valence-corrected chi connectivity index (χ2v) is 8.61. The third-order valence-corrected chi connectivity index (χ3v) is 4.69. The molecule has 0 aliphatic heterocycles. The van der Waals surface area contributed by atoms with Gasteiger partial charge in [0.1, 0.15) is 0 Å². The minimum absolute atomic E-state index is 0.0313. The zero-order chi connectivity index (χ0) is 17.9. The topological polar surface area (TPSA) is 34.1 Å². The average molecular weight is 320 g/mol. The Morgan fingerprint density at radius 1 is 0.583 bits per heavy atom. The molecule has 1 aliphatic carbocycles. The van der Waals surface area contributed by atoms with Crippen LogP contribution in [0.25, 0.3) is 0 Å². The summed E-state index contributed by atoms with van der Waals surface area (Å²) in [5.41, 5.74) is 3.71. The van der Waals surface area contributed by atoms with Gasteiger partial charge in [-0.15, -0.1) is 0 Å². The summed E-state index contributed by atoms with van der Waals surface area (Å²) >= 11 is 0. The summed E-state index contributed by atoms with van der Waals surface area (Å²) in [5.74, 6) is -0.0625. The van der Waals surface area contributed by atoms with E-state index in [2.05, 4.69) is 41.5 Å². The van der Waals surface area contributed by atoms with Gasteiger partial charge in [0.05, 0.1) is 0 Å². The van der Waals surface area contributed by atoms with E-state index in [1.54, 1.807) is 12.1 Å². The van der Waals surface area contributed by atoms with Crippen molar-refractivity contribution in [2.24, 2.45) is 0 Å². The summed E-state index contributed by atoms with van der Waals surface area (Å²) in [5, 5.41) is 0. The Balaban J connectivity index is 2.44. The molecule has 0 bridgehead atoms. The zero-order valence-electron chi connectivity index (χ0n) is 15.3. The Morgan fingerprint density at radius 2 is 0.917 bits per heavy atom. The maximum atomic E-state index is 13.2. The van der Waals surface area contributed by atoms with Crippen LogP contribution < -0.4 is 0 Å². The first-order valence-electron chi connectivity index (χ1n) is 8.40. The molecule has 0 aromatic heterocycles. The number of hydrogen-bond donors (Lipinski definition) is 0. The smallest absolute Gasteiger partial charge is 0.194 e. The minimum atomic E-state index is -0.206. The highest BCUT2D eigenvalue weighted by molar-refractivity contribution is 6.29. The van der Waals surface area contributed by atoms with Crippen LogP contribution in [0.15, 0.2) is 36.4 Å². The number of carbonyl (C=O) groups is 2. The molecule has 0 saturated carbocycles. The molecule has 0 unspecified atom stereocenters. The largest absolute Gasteiger partial charge is 0.289 e. The van der Waals surface area contributed by atoms with Crippen LogP contribution in [0.1, 0.15) is 84.5 Å². The summed E-state index contributed by atoms with van der Waals surface area (Å²) in [7, 11) is 0. The lowest BCUT2D eigenvalue weighted by Crippen LogP contribution is -2.30. The fourth-order valence-corrected chi connectivity index (χ4v) is 3.47. The number of hydrogen-bond acceptors (Lipinski definition) is 2. The van der Waals surface area contributed by atoms with Crippen molar-refractivity contribution in [1.29, 1.82) is 0 Å². The van der Waals surface area contributed by atoms with Crippen molar-refractivity contribution in [2.45, 2.75) is 52.4 Å². The van der Waals surface area contributed by atoms with E-state index in [9.17, 15) is 9.59 Å². The maximum absolute atomic E-state index is 13.2. The van der Waals surface area contributed by atoms with Crippen molar-refractivity contribution in [1.82, 2.24) is 0 Å². The molecule has 1 aliphatic rings. The fraction of sp³-hybridized carbons (Fsp3) is 0.364. The van der Waals surface area contributed by atoms with Crippen molar-refractivity contribution in [3.05, 3.63) is 69.8 Å². The highest BCUT2D eigenvalue weighted by atomic mass is 16.1. The lowest BCUT2D eigenvalue weighted by Gasteiger charge is -2.32. The van der Waals surface area contributed by atoms with Crippen molar-refractivity contribution < 1.29 is 9.59 Å². The van der Waals surface area contributed by atoms with E-state index >= 15 is 0 Å². The number of ketones is 2. The molecular weight excluding hydrogens is 296 g/mol. The molecule has 2 aromatic carbocycles. The van der Waals surface area contributed by atoms with Crippen LogP contribution in [-0.4, -0.2) is 11.6 Å². The molecule has 0 radical (unpaired) electrons. The van der Waals surface area contributed by atoms with Crippen molar-refractivity contribution in [2.75, 3.05) is 0 Å². The number of fused-ring (bicyclic) bond motifs is 2. The third-order valence-electron chi connectivity index (χ3n) is 4.69. The van der Waals surface area contributed by atoms with E-state index in [-0.39, 0.29) is 22.4 Å². The van der Waals surface area contributed by atoms with Crippen LogP contribution in [0.5, 0.6) is 0 Å². The van der Waals surface area contributed by atoms with Gasteiger partial charge in [-0.3, -0.25) is 9.59 Å². The van der Waals surface area contributed by atoms with Gasteiger partial charge in [0.25, 0.3) is 0 Å². The molecule has 0 amide bonds. The standard InChI is InChI=1S/C22H24O2/c1-21(2,3)15-11-12-16(22(4,5)6)18-17(15)19(23)13-9-7-8-10-14(13)20(18)24/h7-12H,1-6H3. The molecule has 0 fully saturated rings. The van der Waals surface area contributed by atoms with Gasteiger partial charge in [0.15, 0.2) is 11.6 Å². The lowest BCUT2D eigenvalue weighted by atomic mass is 9.70. The molecule has 2 nitrogen and oxygen atoms in total. The average Bonchev–Trinajstić information content (AvgIpc) is 2.49. The number of carbonyl (C=O) groups excluding carboxylic acids is 2. The summed E-state index contributed by atoms with van der Waals surface area (Å²) in [6.07, 6.45) is 0. The van der Waals surface area contributed by atoms with Crippen molar-refractivity contribution >= 4 is 11.6 Å². The van der Waals surface area contributed by atoms with E-state index in [1.165, 1.54) is 0 Å². The predicted octanol–water partition coefficient (Wildman–Crippen LogP) is 5.06. The second-order valence-electron chi connectivity index (χ2n) is 8.61. The summed E-state index contributed by atoms with van der Waals surface area (Å²) < 4.78 is 0. The van der Waals surface area contributed by atoms with Crippen molar-refractivity contribution in [3.63, 3.8) is 0 Å². The molecule has 24 heavy (non-hydrogen) atoms. The van der Waals surface area contributed by atoms with Gasteiger partial charge in [-0.2, -0.15) is 0 Å².